The molecule has 11 nitrogen and oxygen atoms in total. The Hall–Kier alpha value is -5.08. The molecule has 0 aliphatic rings. The van der Waals surface area contributed by atoms with Gasteiger partial charge in [0.2, 0.25) is 0 Å². The molecule has 4 N–H and O–H groups in total. The topological polar surface area (TPSA) is 150 Å². The largest absolute Gasteiger partial charge is 0.384 e. The van der Waals surface area contributed by atoms with Gasteiger partial charge in [0.25, 0.3) is 5.56 Å². The average molecular weight is 494 g/mol. The molecule has 37 heavy (non-hydrogen) atoms. The zero-order chi connectivity index (χ0) is 25.9. The molecule has 11 heteroatoms. The Kier molecular flexibility index (Phi) is 6.32. The molecule has 3 heterocycles. The summed E-state index contributed by atoms with van der Waals surface area (Å²) in [6, 6.07) is 14.0. The second kappa shape index (κ2) is 9.88. The van der Waals surface area contributed by atoms with E-state index in [0.29, 0.717) is 45.2 Å². The quantitative estimate of drug-likeness (QED) is 0.313. The van der Waals surface area contributed by atoms with Crippen LogP contribution in [0.2, 0.25) is 0 Å². The molecule has 184 valence electrons. The van der Waals surface area contributed by atoms with Crippen molar-refractivity contribution >= 4 is 22.5 Å². The minimum Gasteiger partial charge on any atom is -0.384 e. The van der Waals surface area contributed by atoms with Gasteiger partial charge in [-0.1, -0.05) is 36.1 Å². The lowest BCUT2D eigenvalue weighted by molar-refractivity contribution is 0.350. The predicted molar refractivity (Wildman–Crippen MR) is 140 cm³/mol. The second-order valence-electron chi connectivity index (χ2n) is 8.20. The number of aliphatic hydroxyl groups is 1. The molecule has 5 rings (SSSR count). The van der Waals surface area contributed by atoms with Crippen LogP contribution in [0.4, 0.5) is 11.6 Å². The van der Waals surface area contributed by atoms with Crippen molar-refractivity contribution in [1.82, 2.24) is 34.3 Å². The zero-order valence-corrected chi connectivity index (χ0v) is 20.1. The Morgan fingerprint density at radius 2 is 1.92 bits per heavy atom. The fourth-order valence-electron chi connectivity index (χ4n) is 4.06. The third-order valence-corrected chi connectivity index (χ3v) is 5.68. The van der Waals surface area contributed by atoms with Crippen LogP contribution >= 0.6 is 0 Å². The monoisotopic (exact) mass is 493 g/mol. The van der Waals surface area contributed by atoms with Crippen molar-refractivity contribution < 1.29 is 5.11 Å². The first-order chi connectivity index (χ1) is 18.0. The van der Waals surface area contributed by atoms with Crippen LogP contribution in [-0.2, 0) is 7.05 Å². The highest BCUT2D eigenvalue weighted by Gasteiger charge is 2.22. The summed E-state index contributed by atoms with van der Waals surface area (Å²) in [5.74, 6) is 6.93. The Morgan fingerprint density at radius 3 is 2.65 bits per heavy atom. The number of nitrogens with zero attached hydrogens (tertiary/aromatic N) is 7. The summed E-state index contributed by atoms with van der Waals surface area (Å²) >= 11 is 0. The Bertz CT molecular complexity index is 1720. The number of aliphatic hydroxyl groups excluding tert-OH is 1. The van der Waals surface area contributed by atoms with Crippen LogP contribution in [-0.4, -0.2) is 46.0 Å². The van der Waals surface area contributed by atoms with Crippen molar-refractivity contribution in [3.63, 3.8) is 0 Å². The van der Waals surface area contributed by atoms with E-state index in [1.54, 1.807) is 40.8 Å². The van der Waals surface area contributed by atoms with E-state index in [9.17, 15) is 9.90 Å². The maximum absolute atomic E-state index is 13.9. The summed E-state index contributed by atoms with van der Waals surface area (Å²) in [6.45, 7) is 1.56. The lowest BCUT2D eigenvalue weighted by atomic mass is 10.1. The number of aromatic nitrogens is 7. The van der Waals surface area contributed by atoms with Gasteiger partial charge >= 0.3 is 0 Å². The van der Waals surface area contributed by atoms with E-state index in [1.165, 1.54) is 6.33 Å². The molecular formula is C26H23N9O2. The summed E-state index contributed by atoms with van der Waals surface area (Å²) in [5.41, 5.74) is 7.96. The van der Waals surface area contributed by atoms with Crippen molar-refractivity contribution in [2.45, 2.75) is 13.0 Å². The third-order valence-electron chi connectivity index (χ3n) is 5.68. The number of fused-ring (bicyclic) bond motifs is 1. The van der Waals surface area contributed by atoms with E-state index in [2.05, 4.69) is 37.2 Å². The Labute approximate surface area is 211 Å². The normalized spacial score (nSPS) is 11.6. The molecule has 0 fully saturated rings. The number of rotatable bonds is 5. The van der Waals surface area contributed by atoms with E-state index < -0.39 is 6.04 Å². The number of anilines is 2. The maximum Gasteiger partial charge on any atom is 0.267 e. The van der Waals surface area contributed by atoms with Crippen LogP contribution in [0.3, 0.4) is 0 Å². The molecule has 0 unspecified atom stereocenters. The lowest BCUT2D eigenvalue weighted by Gasteiger charge is -2.21. The molecular weight excluding hydrogens is 470 g/mol. The van der Waals surface area contributed by atoms with Gasteiger partial charge in [-0.15, -0.1) is 0 Å². The highest BCUT2D eigenvalue weighted by Crippen LogP contribution is 2.30. The van der Waals surface area contributed by atoms with Crippen molar-refractivity contribution in [2.75, 3.05) is 17.7 Å². The van der Waals surface area contributed by atoms with Crippen LogP contribution in [0.15, 0.2) is 66.0 Å². The van der Waals surface area contributed by atoms with Gasteiger partial charge in [0.1, 0.15) is 42.3 Å². The summed E-state index contributed by atoms with van der Waals surface area (Å²) in [5, 5.41) is 17.2. The Morgan fingerprint density at radius 1 is 1.11 bits per heavy atom. The summed E-state index contributed by atoms with van der Waals surface area (Å²) in [7, 11) is 1.75. The van der Waals surface area contributed by atoms with Gasteiger partial charge < -0.3 is 16.2 Å². The third kappa shape index (κ3) is 4.49. The first-order valence-corrected chi connectivity index (χ1v) is 11.4. The molecule has 0 bridgehead atoms. The Balaban J connectivity index is 1.69. The second-order valence-corrected chi connectivity index (χ2v) is 8.20. The first-order valence-electron chi connectivity index (χ1n) is 11.4. The molecule has 0 amide bonds. The fourth-order valence-corrected chi connectivity index (χ4v) is 4.06. The van der Waals surface area contributed by atoms with Crippen LogP contribution in [0.25, 0.3) is 28.0 Å². The average Bonchev–Trinajstić information content (AvgIpc) is 3.33. The van der Waals surface area contributed by atoms with E-state index in [-0.39, 0.29) is 18.0 Å². The predicted octanol–water partition coefficient (Wildman–Crippen LogP) is 2.07. The molecule has 3 aromatic heterocycles. The van der Waals surface area contributed by atoms with Gasteiger partial charge in [-0.05, 0) is 31.2 Å². The number of hydrogen-bond acceptors (Lipinski definition) is 9. The summed E-state index contributed by atoms with van der Waals surface area (Å²) < 4.78 is 3.11. The molecule has 0 radical (unpaired) electrons. The molecule has 0 saturated carbocycles. The summed E-state index contributed by atoms with van der Waals surface area (Å²) in [4.78, 5) is 31.6. The molecule has 2 aromatic carbocycles. The standard InChI is InChI=1S/C26H23N9O2/c1-16(31-23-21(22(27)28-14-29-23)24-30-15-34(2)33-24)25-32-19-12-6-8-17(9-7-13-36)20(19)26(37)35(25)18-10-4-3-5-11-18/h3-6,8,10-12,14-16,36H,13H2,1-2H3,(H3,27,28,29,31)/t16-/m0/s1. The van der Waals surface area contributed by atoms with Gasteiger partial charge in [0.05, 0.1) is 22.6 Å². The molecule has 0 saturated heterocycles. The first kappa shape index (κ1) is 23.7. The SMILES string of the molecule is C[C@H](Nc1ncnc(N)c1-c1ncn(C)n1)c1nc2cccc(C#CCO)c2c(=O)n1-c1ccccc1. The van der Waals surface area contributed by atoms with E-state index >= 15 is 0 Å². The smallest absolute Gasteiger partial charge is 0.267 e. The van der Waals surface area contributed by atoms with Crippen LogP contribution < -0.4 is 16.6 Å². The minimum atomic E-state index is -0.499. The lowest BCUT2D eigenvalue weighted by Crippen LogP contribution is -2.28. The highest BCUT2D eigenvalue weighted by molar-refractivity contribution is 5.85. The van der Waals surface area contributed by atoms with E-state index in [1.807, 2.05) is 37.3 Å². The van der Waals surface area contributed by atoms with Crippen molar-refractivity contribution in [3.05, 3.63) is 82.9 Å². The van der Waals surface area contributed by atoms with E-state index in [4.69, 9.17) is 10.7 Å². The number of nitrogens with one attached hydrogen (secondary N) is 1. The number of hydrogen-bond donors (Lipinski definition) is 3. The number of nitrogens with two attached hydrogens (primary N) is 1. The molecule has 0 spiro atoms. The minimum absolute atomic E-state index is 0.218. The fraction of sp³-hybridized carbons (Fsp3) is 0.154. The number of benzene rings is 2. The molecule has 5 aromatic rings. The van der Waals surface area contributed by atoms with E-state index in [0.717, 1.165) is 0 Å². The molecule has 1 atom stereocenters. The van der Waals surface area contributed by atoms with Crippen molar-refractivity contribution in [2.24, 2.45) is 7.05 Å². The number of aryl methyl sites for hydroxylation is 1. The molecule has 0 aliphatic carbocycles. The van der Waals surface area contributed by atoms with Crippen molar-refractivity contribution in [1.29, 1.82) is 0 Å². The van der Waals surface area contributed by atoms with Crippen LogP contribution in [0.5, 0.6) is 0 Å². The highest BCUT2D eigenvalue weighted by atomic mass is 16.2. The van der Waals surface area contributed by atoms with Gasteiger partial charge in [-0.25, -0.2) is 19.9 Å². The number of para-hydroxylation sites is 1. The van der Waals surface area contributed by atoms with Crippen molar-refractivity contribution in [3.8, 4) is 28.9 Å². The van der Waals surface area contributed by atoms with Gasteiger partial charge in [0.15, 0.2) is 5.82 Å². The number of nitrogen functional groups attached to an aromatic ring is 1. The summed E-state index contributed by atoms with van der Waals surface area (Å²) in [6.07, 6.45) is 2.91. The van der Waals surface area contributed by atoms with Crippen LogP contribution in [0.1, 0.15) is 24.4 Å². The maximum atomic E-state index is 13.9. The zero-order valence-electron chi connectivity index (χ0n) is 20.1. The van der Waals surface area contributed by atoms with Gasteiger partial charge in [0, 0.05) is 12.6 Å². The van der Waals surface area contributed by atoms with Gasteiger partial charge in [-0.3, -0.25) is 14.0 Å². The van der Waals surface area contributed by atoms with Gasteiger partial charge in [-0.2, -0.15) is 5.10 Å². The van der Waals surface area contributed by atoms with Crippen LogP contribution in [0, 0.1) is 11.8 Å². The molecule has 0 aliphatic heterocycles.